The van der Waals surface area contributed by atoms with Gasteiger partial charge in [-0.05, 0) is 46.3 Å². The summed E-state index contributed by atoms with van der Waals surface area (Å²) in [6.07, 6.45) is 0. The largest absolute Gasteiger partial charge is 0.322 e. The Morgan fingerprint density at radius 2 is 1.89 bits per heavy atom. The number of anilines is 1. The third-order valence-electron chi connectivity index (χ3n) is 2.37. The molecular weight excluding hydrogens is 340 g/mol. The first kappa shape index (κ1) is 14.0. The molecule has 0 saturated carbocycles. The third kappa shape index (κ3) is 3.11. The van der Waals surface area contributed by atoms with Crippen molar-refractivity contribution in [3.05, 3.63) is 63.1 Å². The number of nitrogens with one attached hydrogen (secondary N) is 1. The fraction of sp³-hybridized carbons (Fsp3) is 0. The molecule has 98 valence electrons. The van der Waals surface area contributed by atoms with Crippen LogP contribution in [0.3, 0.4) is 0 Å². The van der Waals surface area contributed by atoms with E-state index in [4.69, 9.17) is 11.6 Å². The lowest BCUT2D eigenvalue weighted by atomic mass is 10.2. The van der Waals surface area contributed by atoms with E-state index in [1.54, 1.807) is 0 Å². The maximum atomic E-state index is 13.5. The molecular formula is C13H7BrClF2NO. The van der Waals surface area contributed by atoms with Gasteiger partial charge in [0.15, 0.2) is 0 Å². The van der Waals surface area contributed by atoms with Gasteiger partial charge in [0.1, 0.15) is 11.6 Å². The molecule has 2 nitrogen and oxygen atoms in total. The van der Waals surface area contributed by atoms with Crippen molar-refractivity contribution in [3.63, 3.8) is 0 Å². The quantitative estimate of drug-likeness (QED) is 0.844. The van der Waals surface area contributed by atoms with Crippen molar-refractivity contribution in [2.75, 3.05) is 5.32 Å². The van der Waals surface area contributed by atoms with Crippen LogP contribution in [0.15, 0.2) is 40.9 Å². The van der Waals surface area contributed by atoms with Gasteiger partial charge in [0.25, 0.3) is 5.91 Å². The van der Waals surface area contributed by atoms with Crippen molar-refractivity contribution in [2.24, 2.45) is 0 Å². The van der Waals surface area contributed by atoms with Crippen LogP contribution in [-0.4, -0.2) is 5.91 Å². The Balaban J connectivity index is 2.28. The Labute approximate surface area is 121 Å². The molecule has 0 radical (unpaired) electrons. The fourth-order valence-electron chi connectivity index (χ4n) is 1.48. The molecule has 2 rings (SSSR count). The molecule has 0 bridgehead atoms. The van der Waals surface area contributed by atoms with Crippen molar-refractivity contribution < 1.29 is 13.6 Å². The maximum absolute atomic E-state index is 13.5. The van der Waals surface area contributed by atoms with Crippen LogP contribution >= 0.6 is 27.5 Å². The number of carbonyl (C=O) groups excluding carboxylic acids is 1. The number of rotatable bonds is 2. The van der Waals surface area contributed by atoms with E-state index >= 15 is 0 Å². The zero-order valence-corrected chi connectivity index (χ0v) is 11.7. The standard InChI is InChI=1S/C13H7BrClF2NO/c14-8-6-7(4-5-10(8)16)18-13(19)12-9(15)2-1-3-11(12)17/h1-6H,(H,18,19). The van der Waals surface area contributed by atoms with Crippen LogP contribution in [0.4, 0.5) is 14.5 Å². The number of halogens is 4. The molecule has 19 heavy (non-hydrogen) atoms. The topological polar surface area (TPSA) is 29.1 Å². The number of benzene rings is 2. The SMILES string of the molecule is O=C(Nc1ccc(F)c(Br)c1)c1c(F)cccc1Cl. The smallest absolute Gasteiger partial charge is 0.260 e. The first-order chi connectivity index (χ1) is 8.99. The summed E-state index contributed by atoms with van der Waals surface area (Å²) in [5.41, 5.74) is 0.0854. The molecule has 6 heteroatoms. The van der Waals surface area contributed by atoms with Crippen molar-refractivity contribution in [1.82, 2.24) is 0 Å². The average Bonchev–Trinajstić information content (AvgIpc) is 2.33. The second-order valence-electron chi connectivity index (χ2n) is 3.68. The van der Waals surface area contributed by atoms with Crippen LogP contribution in [0.25, 0.3) is 0 Å². The summed E-state index contributed by atoms with van der Waals surface area (Å²) in [6, 6.07) is 7.89. The first-order valence-corrected chi connectivity index (χ1v) is 6.36. The lowest BCUT2D eigenvalue weighted by Crippen LogP contribution is -2.14. The highest BCUT2D eigenvalue weighted by Gasteiger charge is 2.16. The summed E-state index contributed by atoms with van der Waals surface area (Å²) in [5.74, 6) is -1.87. The van der Waals surface area contributed by atoms with Crippen LogP contribution in [0.5, 0.6) is 0 Å². The van der Waals surface area contributed by atoms with Gasteiger partial charge in [0.05, 0.1) is 15.1 Å². The van der Waals surface area contributed by atoms with Crippen molar-refractivity contribution >= 4 is 39.1 Å². The van der Waals surface area contributed by atoms with Crippen molar-refractivity contribution in [2.45, 2.75) is 0 Å². The van der Waals surface area contributed by atoms with Crippen molar-refractivity contribution in [3.8, 4) is 0 Å². The summed E-state index contributed by atoms with van der Waals surface area (Å²) >= 11 is 8.77. The van der Waals surface area contributed by atoms with Gasteiger partial charge in [-0.15, -0.1) is 0 Å². The number of hydrogen-bond donors (Lipinski definition) is 1. The van der Waals surface area contributed by atoms with E-state index in [1.165, 1.54) is 30.3 Å². The first-order valence-electron chi connectivity index (χ1n) is 5.19. The Kier molecular flexibility index (Phi) is 4.17. The zero-order chi connectivity index (χ0) is 14.0. The predicted octanol–water partition coefficient (Wildman–Crippen LogP) is 4.63. The van der Waals surface area contributed by atoms with E-state index in [0.717, 1.165) is 6.07 Å². The summed E-state index contributed by atoms with van der Waals surface area (Å²) in [6.45, 7) is 0. The fourth-order valence-corrected chi connectivity index (χ4v) is 2.11. The summed E-state index contributed by atoms with van der Waals surface area (Å²) in [7, 11) is 0. The summed E-state index contributed by atoms with van der Waals surface area (Å²) < 4.78 is 26.8. The molecule has 0 saturated heterocycles. The van der Waals surface area contributed by atoms with E-state index < -0.39 is 17.5 Å². The average molecular weight is 347 g/mol. The van der Waals surface area contributed by atoms with Gasteiger partial charge in [0, 0.05) is 5.69 Å². The van der Waals surface area contributed by atoms with Gasteiger partial charge >= 0.3 is 0 Å². The second kappa shape index (κ2) is 5.67. The molecule has 2 aromatic carbocycles. The van der Waals surface area contributed by atoms with Gasteiger partial charge in [-0.2, -0.15) is 0 Å². The Hall–Kier alpha value is -1.46. The molecule has 0 atom stereocenters. The third-order valence-corrected chi connectivity index (χ3v) is 3.29. The second-order valence-corrected chi connectivity index (χ2v) is 4.94. The number of carbonyl (C=O) groups is 1. The summed E-state index contributed by atoms with van der Waals surface area (Å²) in [4.78, 5) is 11.9. The normalized spacial score (nSPS) is 10.3. The summed E-state index contributed by atoms with van der Waals surface area (Å²) in [5, 5.41) is 2.46. The van der Waals surface area contributed by atoms with Gasteiger partial charge in [-0.1, -0.05) is 17.7 Å². The molecule has 0 aliphatic carbocycles. The van der Waals surface area contributed by atoms with E-state index in [-0.39, 0.29) is 15.1 Å². The highest BCUT2D eigenvalue weighted by Crippen LogP contribution is 2.23. The Bertz CT molecular complexity index is 628. The molecule has 0 fully saturated rings. The van der Waals surface area contributed by atoms with Crippen LogP contribution < -0.4 is 5.32 Å². The van der Waals surface area contributed by atoms with E-state index in [9.17, 15) is 13.6 Å². The number of hydrogen-bond acceptors (Lipinski definition) is 1. The minimum absolute atomic E-state index is 0.0127. The molecule has 0 spiro atoms. The molecule has 1 N–H and O–H groups in total. The molecule has 0 heterocycles. The monoisotopic (exact) mass is 345 g/mol. The minimum Gasteiger partial charge on any atom is -0.322 e. The molecule has 0 aliphatic heterocycles. The molecule has 0 aromatic heterocycles. The van der Waals surface area contributed by atoms with Crippen LogP contribution in [0, 0.1) is 11.6 Å². The predicted molar refractivity (Wildman–Crippen MR) is 73.5 cm³/mol. The van der Waals surface area contributed by atoms with Gasteiger partial charge in [0.2, 0.25) is 0 Å². The molecule has 2 aromatic rings. The number of amides is 1. The lowest BCUT2D eigenvalue weighted by molar-refractivity contribution is 0.102. The van der Waals surface area contributed by atoms with Crippen LogP contribution in [0.2, 0.25) is 5.02 Å². The molecule has 1 amide bonds. The Morgan fingerprint density at radius 3 is 2.53 bits per heavy atom. The highest BCUT2D eigenvalue weighted by molar-refractivity contribution is 9.10. The van der Waals surface area contributed by atoms with Crippen LogP contribution in [-0.2, 0) is 0 Å². The molecule has 0 unspecified atom stereocenters. The van der Waals surface area contributed by atoms with Gasteiger partial charge < -0.3 is 5.32 Å². The zero-order valence-electron chi connectivity index (χ0n) is 9.38. The van der Waals surface area contributed by atoms with Crippen molar-refractivity contribution in [1.29, 1.82) is 0 Å². The molecule has 0 aliphatic rings. The maximum Gasteiger partial charge on any atom is 0.260 e. The van der Waals surface area contributed by atoms with E-state index in [2.05, 4.69) is 21.2 Å². The Morgan fingerprint density at radius 1 is 1.16 bits per heavy atom. The van der Waals surface area contributed by atoms with Gasteiger partial charge in [-0.25, -0.2) is 8.78 Å². The van der Waals surface area contributed by atoms with Crippen LogP contribution in [0.1, 0.15) is 10.4 Å². The highest BCUT2D eigenvalue weighted by atomic mass is 79.9. The van der Waals surface area contributed by atoms with E-state index in [0.29, 0.717) is 5.69 Å². The van der Waals surface area contributed by atoms with E-state index in [1.807, 2.05) is 0 Å². The van der Waals surface area contributed by atoms with Gasteiger partial charge in [-0.3, -0.25) is 4.79 Å². The minimum atomic E-state index is -0.717. The lowest BCUT2D eigenvalue weighted by Gasteiger charge is -2.08.